The Kier molecular flexibility index (Phi) is 166. The topological polar surface area (TPSA) is 261 Å². The number of hydrogen-bond donors (Lipinski definition) is 2. The van der Waals surface area contributed by atoms with Gasteiger partial charge in [-0.3, -0.25) is 13.5 Å². The number of para-hydroxylation sites is 3. The molecule has 0 aliphatic carbocycles. The van der Waals surface area contributed by atoms with Gasteiger partial charge in [-0.05, 0) is 149 Å². The fraction of sp³-hybridized carbons (Fsp3) is 0.521. The average Bonchev–Trinajstić information content (AvgIpc) is 0.775. The largest absolute Gasteiger partial charge is 0.449 e. The van der Waals surface area contributed by atoms with Crippen molar-refractivity contribution in [3.8, 4) is 11.1 Å². The molecule has 25 heteroatoms. The molecular formula is C121H245N7O17P+7. The number of piperidine rings is 1. The third-order valence-electron chi connectivity index (χ3n) is 18.0. The summed E-state index contributed by atoms with van der Waals surface area (Å²) in [5.74, 6) is -1.97. The van der Waals surface area contributed by atoms with E-state index in [9.17, 15) is 38.1 Å². The lowest BCUT2D eigenvalue weighted by molar-refractivity contribution is -0.938. The van der Waals surface area contributed by atoms with Crippen LogP contribution in [0.25, 0.3) is 43.8 Å². The number of esters is 7. The molecular weight excluding hydrogens is 1850 g/mol. The third-order valence-corrected chi connectivity index (χ3v) is 18.4. The van der Waals surface area contributed by atoms with Crippen molar-refractivity contribution in [3.63, 3.8) is 0 Å². The molecule has 0 amide bonds. The number of aryl methyl sites for hydroxylation is 2. The van der Waals surface area contributed by atoms with Gasteiger partial charge in [-0.15, -0.1) is 0 Å². The third kappa shape index (κ3) is 80.9. The first kappa shape index (κ1) is 216. The van der Waals surface area contributed by atoms with E-state index in [1.54, 1.807) is 50.7 Å². The summed E-state index contributed by atoms with van der Waals surface area (Å²) in [4.78, 5) is 94.9. The van der Waals surface area contributed by atoms with E-state index >= 15 is 0 Å². The monoisotopic (exact) mass is 2100 g/mol. The molecule has 6 heterocycles. The number of carbonyl (C=O) groups excluding carboxylic acids is 7. The molecule has 0 bridgehead atoms. The van der Waals surface area contributed by atoms with Gasteiger partial charge in [-0.1, -0.05) is 332 Å². The van der Waals surface area contributed by atoms with Gasteiger partial charge < -0.3 is 42.9 Å². The number of ether oxygens (including phenoxy) is 7. The van der Waals surface area contributed by atoms with Crippen LogP contribution < -0.4 is 22.8 Å². The highest BCUT2D eigenvalue weighted by Crippen LogP contribution is 2.34. The maximum Gasteiger partial charge on any atom is 0.362 e. The summed E-state index contributed by atoms with van der Waals surface area (Å²) >= 11 is 0. The van der Waals surface area contributed by atoms with Gasteiger partial charge in [0, 0.05) is 116 Å². The Morgan fingerprint density at radius 1 is 0.356 bits per heavy atom. The second-order valence-electron chi connectivity index (χ2n) is 27.9. The Morgan fingerprint density at radius 3 is 0.945 bits per heavy atom. The molecule has 1 fully saturated rings. The van der Waals surface area contributed by atoms with Crippen LogP contribution in [0.15, 0.2) is 256 Å². The standard InChI is InChI=1S/C18H16NO2.C17H20N2O2.C14H14NO2.C13H24NO2.C11H14NO2.C11H22NO2.C5H9O5P.C2H6.30CH4/c1-13(2)18(20)21-12-19-16-9-5-3-7-14(16)11-15-8-4-6-10-17(15)19;1-4-18-9-5-15(6-10-18)16-7-11-19(12-8-16)13-21-17(20)14(2)3;1-11(2)14(16)17-10-15-9-5-7-12-6-3-4-8-13(12)15;1-5-12-6-8-14(4,9-7-12)10-16-13(15)11(2)3;1-9(2)11(13)14-8-12-6-4-10(3)5-7-12;1-6-12(7-2,8-3)9-14-11(13)10(4)5;1-4(2)5(6)10-3-11(7,8)9;1-2;;;;;;;;;;;;;;;;;;;;;;;;;;;;;;/h3-11H,1,12H2,2H3;5-12H,2,4,13H2,1,3H3;3-9H,1,10H2,2H3;12H,2,5-10H2,1,3-4H3;4-7H,1,8H2,2-3H3;4,6-9H2,1-3,5H3;1,3H2,2H3,(H2,7,8,9);1-2H3;30*1H4/q+1;+2;4*+1;;;;;;;;;;;;;;;;;;;;;;;;;;;;;;;;. The summed E-state index contributed by atoms with van der Waals surface area (Å²) in [7, 11) is -2.08. The minimum Gasteiger partial charge on any atom is -0.449 e. The van der Waals surface area contributed by atoms with Gasteiger partial charge in [0.05, 0.1) is 39.8 Å². The molecule has 0 saturated carbocycles. The fourth-order valence-corrected chi connectivity index (χ4v) is 10.6. The molecule has 1 saturated heterocycles. The van der Waals surface area contributed by atoms with Crippen LogP contribution >= 0.6 is 7.60 Å². The van der Waals surface area contributed by atoms with Crippen LogP contribution in [0.1, 0.15) is 345 Å². The number of carbonyl (C=O) groups is 7. The quantitative estimate of drug-likeness (QED) is 0.00708. The van der Waals surface area contributed by atoms with Crippen LogP contribution in [0.5, 0.6) is 0 Å². The number of likely N-dealkylation sites (tertiary alicyclic amines) is 1. The summed E-state index contributed by atoms with van der Waals surface area (Å²) < 4.78 is 56.5. The van der Waals surface area contributed by atoms with E-state index in [2.05, 4.69) is 140 Å². The van der Waals surface area contributed by atoms with Gasteiger partial charge in [0.1, 0.15) is 6.54 Å². The normalized spacial score (nSPS) is 10.3. The number of pyridine rings is 5. The Hall–Kier alpha value is -11.3. The number of quaternary nitrogens is 2. The van der Waals surface area contributed by atoms with E-state index in [1.165, 1.54) is 31.7 Å². The van der Waals surface area contributed by atoms with E-state index in [4.69, 9.17) is 38.2 Å². The summed E-state index contributed by atoms with van der Waals surface area (Å²) in [6.45, 7) is 60.4. The Balaban J connectivity index is -0.0000000394. The highest BCUT2D eigenvalue weighted by Gasteiger charge is 2.31. The molecule has 3 aromatic carbocycles. The SMILES string of the molecule is C.C.C.C.C.C.C.C.C.C.C.C.C.C.C.C.C.C.C.C.C.C.C.C.C.C.C.C.C.C.C=C(C)C(=O)OCP(=O)(O)O.C=C(C)C(=O)OC[N+](CC)(CC)CC.C=C(C)C(=O)OC[N+]1(C)CCC(CC)CC1.C=C(C)C(=O)OC[n+]1c2ccccc2cc2ccccc21.C=C(C)C(=O)OC[n+]1ccc(-c2cc[n+](CC)cc2)cc1.C=C(C)C(=O)OC[n+]1ccc(C)cc1.C=C(C)C(=O)OC[n+]1cccc2ccccc21.CC. The summed E-state index contributed by atoms with van der Waals surface area (Å²) in [6.07, 6.45) is 16.4. The zero-order chi connectivity index (χ0) is 87.3. The van der Waals surface area contributed by atoms with Crippen LogP contribution in [0, 0.1) is 12.8 Å². The molecule has 0 unspecified atom stereocenters. The maximum atomic E-state index is 11.7. The van der Waals surface area contributed by atoms with Gasteiger partial charge in [0.25, 0.3) is 26.9 Å². The van der Waals surface area contributed by atoms with Crippen molar-refractivity contribution in [1.29, 1.82) is 0 Å². The first-order chi connectivity index (χ1) is 54.8. The Labute approximate surface area is 907 Å². The molecule has 0 radical (unpaired) electrons. The van der Waals surface area contributed by atoms with E-state index in [0.29, 0.717) is 46.9 Å². The Bertz CT molecular complexity index is 4620. The van der Waals surface area contributed by atoms with Gasteiger partial charge in [0.15, 0.2) is 49.7 Å². The zero-order valence-corrected chi connectivity index (χ0v) is 72.0. The number of benzene rings is 3. The molecule has 9 rings (SSSR count). The first-order valence-electron chi connectivity index (χ1n) is 38.5. The van der Waals surface area contributed by atoms with Gasteiger partial charge in [0.2, 0.25) is 30.0 Å². The minimum absolute atomic E-state index is 0. The van der Waals surface area contributed by atoms with Crippen molar-refractivity contribution >= 4 is 82.1 Å². The lowest BCUT2D eigenvalue weighted by Gasteiger charge is -2.39. The molecule has 864 valence electrons. The highest BCUT2D eigenvalue weighted by atomic mass is 31.2. The van der Waals surface area contributed by atoms with Crippen LogP contribution in [0.2, 0.25) is 0 Å². The Morgan fingerprint density at radius 2 is 0.630 bits per heavy atom. The first-order valence-corrected chi connectivity index (χ1v) is 40.3. The zero-order valence-electron chi connectivity index (χ0n) is 71.1. The van der Waals surface area contributed by atoms with E-state index in [1.807, 2.05) is 158 Å². The second kappa shape index (κ2) is 112. The second-order valence-corrected chi connectivity index (χ2v) is 29.5. The average molecular weight is 2100 g/mol. The van der Waals surface area contributed by atoms with Crippen LogP contribution in [-0.4, -0.2) is 120 Å². The number of fused-ring (bicyclic) bond motifs is 3. The van der Waals surface area contributed by atoms with Crippen molar-refractivity contribution in [2.45, 2.75) is 379 Å². The van der Waals surface area contributed by atoms with Crippen molar-refractivity contribution in [3.05, 3.63) is 261 Å². The van der Waals surface area contributed by atoms with Gasteiger partial charge in [-0.25, -0.2) is 38.1 Å². The molecule has 0 atom stereocenters. The molecule has 8 aromatic rings. The molecule has 5 aromatic heterocycles. The minimum atomic E-state index is -4.24. The van der Waals surface area contributed by atoms with Gasteiger partial charge >= 0.3 is 49.4 Å². The maximum absolute atomic E-state index is 11.7. The number of rotatable bonds is 27. The predicted octanol–water partition coefficient (Wildman–Crippen LogP) is 33.6. The molecule has 1 aliphatic heterocycles. The summed E-state index contributed by atoms with van der Waals surface area (Å²) in [5.41, 5.74) is 9.24. The van der Waals surface area contributed by atoms with Crippen molar-refractivity contribution in [1.82, 2.24) is 0 Å². The molecule has 2 N–H and O–H groups in total. The molecule has 1 aliphatic rings. The summed E-state index contributed by atoms with van der Waals surface area (Å²) in [5, 5.41) is 3.34. The smallest absolute Gasteiger partial charge is 0.362 e. The number of hydrogen-bond acceptors (Lipinski definition) is 15. The van der Waals surface area contributed by atoms with Gasteiger partial charge in [-0.2, -0.15) is 18.3 Å². The van der Waals surface area contributed by atoms with Crippen molar-refractivity contribution < 1.29 is 113 Å². The lowest BCUT2D eigenvalue weighted by Crippen LogP contribution is -2.51. The molecule has 146 heavy (non-hydrogen) atoms. The highest BCUT2D eigenvalue weighted by molar-refractivity contribution is 7.51. The van der Waals surface area contributed by atoms with Crippen LogP contribution in [0.3, 0.4) is 0 Å². The summed E-state index contributed by atoms with van der Waals surface area (Å²) in [6, 6.07) is 42.2. The van der Waals surface area contributed by atoms with Crippen molar-refractivity contribution in [2.75, 3.05) is 59.6 Å². The molecule has 0 spiro atoms. The van der Waals surface area contributed by atoms with Crippen LogP contribution in [-0.2, 0) is 105 Å². The fourth-order valence-electron chi connectivity index (χ4n) is 10.4. The van der Waals surface area contributed by atoms with Crippen LogP contribution in [0.4, 0.5) is 0 Å². The van der Waals surface area contributed by atoms with Crippen molar-refractivity contribution in [2.24, 2.45) is 5.92 Å². The number of aromatic nitrogens is 5. The predicted molar refractivity (Wildman–Crippen MR) is 652 cm³/mol. The van der Waals surface area contributed by atoms with E-state index < -0.39 is 19.9 Å². The lowest BCUT2D eigenvalue weighted by atomic mass is 9.93. The number of nitrogens with zero attached hydrogens (tertiary/aromatic N) is 7. The van der Waals surface area contributed by atoms with E-state index in [0.717, 1.165) is 98.0 Å². The van der Waals surface area contributed by atoms with E-state index in [-0.39, 0.29) is 291 Å². The molecule has 24 nitrogen and oxygen atoms in total.